The summed E-state index contributed by atoms with van der Waals surface area (Å²) in [5, 5.41) is 0. The minimum atomic E-state index is 0.917. The summed E-state index contributed by atoms with van der Waals surface area (Å²) in [5.74, 6) is 0. The first-order chi connectivity index (χ1) is 8.24. The fourth-order valence-electron chi connectivity index (χ4n) is 0. The first-order valence-electron chi connectivity index (χ1n) is 2.50. The first-order valence-corrected chi connectivity index (χ1v) is 13.5. The van der Waals surface area contributed by atoms with Gasteiger partial charge in [0.25, 0.3) is 0 Å². The van der Waals surface area contributed by atoms with Crippen LogP contribution in [0.25, 0.3) is 0 Å². The van der Waals surface area contributed by atoms with Crippen LogP contribution in [0.15, 0.2) is 0 Å². The molecule has 0 aromatic heterocycles. The van der Waals surface area contributed by atoms with Crippen LogP contribution in [0.3, 0.4) is 0 Å². The smallest absolute Gasteiger partial charge is 0 e. The molecular weight excluding hydrogens is 481 g/mol. The van der Waals surface area contributed by atoms with Crippen LogP contribution in [0.4, 0.5) is 0 Å². The molecule has 0 fully saturated rings. The van der Waals surface area contributed by atoms with Crippen molar-refractivity contribution in [2.45, 2.75) is 0 Å². The Hall–Kier alpha value is 3.30. The Morgan fingerprint density at radius 3 is 0.467 bits per heavy atom. The van der Waals surface area contributed by atoms with E-state index in [0.29, 0.717) is 0 Å². The Morgan fingerprint density at radius 2 is 0.467 bits per heavy atom. The lowest BCUT2D eigenvalue weighted by atomic mass is 31.1. The molecule has 0 saturated carbocycles. The highest BCUT2D eigenvalue weighted by molar-refractivity contribution is 8.37. The molecule has 92 valence electrons. The molecule has 0 saturated heterocycles. The fraction of sp³-hybridized carbons (Fsp3) is 0. The van der Waals surface area contributed by atoms with Gasteiger partial charge < -0.3 is 0 Å². The molecule has 0 aliphatic heterocycles. The van der Waals surface area contributed by atoms with Crippen molar-refractivity contribution in [3.8, 4) is 0 Å². The maximum atomic E-state index is 5.00. The lowest BCUT2D eigenvalue weighted by Gasteiger charge is -1.000. The molecule has 0 unspecified atom stereocenters. The molecule has 0 nitrogen and oxygen atoms in total. The zero-order chi connectivity index (χ0) is 16.1. The SMILES string of the molecule is S=S.S=S.S=S.S=S=S.S=S=S.S=S=S.[2H][2H]. The van der Waals surface area contributed by atoms with Crippen LogP contribution in [-0.2, 0) is 161 Å². The largest absolute Gasteiger partial charge is 0 e. The van der Waals surface area contributed by atoms with Crippen molar-refractivity contribution in [2.75, 3.05) is 0 Å². The zero-order valence-corrected chi connectivity index (χ0v) is 18.4. The summed E-state index contributed by atoms with van der Waals surface area (Å²) in [6.07, 6.45) is 0. The van der Waals surface area contributed by atoms with Crippen molar-refractivity contribution in [1.29, 1.82) is 0 Å². The van der Waals surface area contributed by atoms with Gasteiger partial charge >= 0.3 is 0 Å². The summed E-state index contributed by atoms with van der Waals surface area (Å²) in [6.45, 7) is 0. The van der Waals surface area contributed by atoms with E-state index >= 15 is 0 Å². The molecule has 0 spiro atoms. The van der Waals surface area contributed by atoms with Gasteiger partial charge in [0, 0.05) is 164 Å². The van der Waals surface area contributed by atoms with Gasteiger partial charge in [0.05, 0.1) is 0 Å². The van der Waals surface area contributed by atoms with Gasteiger partial charge in [0.15, 0.2) is 0 Å². The van der Waals surface area contributed by atoms with E-state index in [9.17, 15) is 0 Å². The van der Waals surface area contributed by atoms with Crippen molar-refractivity contribution in [2.24, 2.45) is 0 Å². The van der Waals surface area contributed by atoms with Crippen molar-refractivity contribution in [3.63, 3.8) is 0 Å². The third-order valence-electron chi connectivity index (χ3n) is 0. The lowest BCUT2D eigenvalue weighted by Crippen LogP contribution is -1.00. The van der Waals surface area contributed by atoms with E-state index in [4.69, 9.17) is 2.97 Å². The maximum absolute atomic E-state index is 5.00. The molecule has 0 aromatic carbocycles. The van der Waals surface area contributed by atoms with Crippen LogP contribution in [0, 0.1) is 0 Å². The Balaban J connectivity index is -0.0000000139. The van der Waals surface area contributed by atoms with Gasteiger partial charge in [-0.05, 0) is 0 Å². The van der Waals surface area contributed by atoms with E-state index in [1.54, 1.807) is 0 Å². The van der Waals surface area contributed by atoms with E-state index in [2.05, 4.69) is 134 Å². The molecule has 0 amide bonds. The summed E-state index contributed by atoms with van der Waals surface area (Å²) < 4.78 is 10.0. The monoisotopic (exact) mass is 484 g/mol. The third-order valence-corrected chi connectivity index (χ3v) is 0. The molecule has 0 radical (unpaired) electrons. The van der Waals surface area contributed by atoms with Crippen LogP contribution in [-0.4, -0.2) is 0 Å². The predicted molar refractivity (Wildman–Crippen MR) is 113 cm³/mol. The Bertz CT molecular complexity index is 130. The fourth-order valence-corrected chi connectivity index (χ4v) is 0. The van der Waals surface area contributed by atoms with E-state index < -0.39 is 0 Å². The van der Waals surface area contributed by atoms with E-state index in [1.165, 1.54) is 0 Å². The summed E-state index contributed by atoms with van der Waals surface area (Å²) in [6, 6.07) is 0. The molecule has 0 aliphatic rings. The molecule has 0 aromatic rings. The summed E-state index contributed by atoms with van der Waals surface area (Å²) in [4.78, 5) is 0. The van der Waals surface area contributed by atoms with Crippen LogP contribution < -0.4 is 0 Å². The first kappa shape index (κ1) is 31.0. The molecule has 15 heavy (non-hydrogen) atoms. The minimum Gasteiger partial charge on any atom is 0 e. The molecule has 0 rings (SSSR count). The van der Waals surface area contributed by atoms with Crippen LogP contribution in [0.5, 0.6) is 0 Å². The van der Waals surface area contributed by atoms with Crippen molar-refractivity contribution >= 4 is 161 Å². The second-order valence-electron chi connectivity index (χ2n) is 0.204. The molecule has 0 bridgehead atoms. The number of hydrogen-bond acceptors (Lipinski definition) is 12. The lowest BCUT2D eigenvalue weighted by molar-refractivity contribution is 6.37. The number of hydrogen-bond donors (Lipinski definition) is 0. The highest BCUT2D eigenvalue weighted by Gasteiger charge is 1.01. The molecule has 0 atom stereocenters. The highest BCUT2D eigenvalue weighted by Crippen LogP contribution is 1.00. The molecule has 0 heterocycles. The Morgan fingerprint density at radius 1 is 0.467 bits per heavy atom. The van der Waals surface area contributed by atoms with E-state index in [0.717, 1.165) is 26.6 Å². The topological polar surface area (TPSA) is 0 Å². The van der Waals surface area contributed by atoms with E-state index in [1.807, 2.05) is 0 Å². The second kappa shape index (κ2) is 116. The molecule has 15 heteroatoms. The predicted octanol–water partition coefficient (Wildman–Crippen LogP) is 0.210. The van der Waals surface area contributed by atoms with E-state index in [-0.39, 0.29) is 0 Å². The van der Waals surface area contributed by atoms with Crippen molar-refractivity contribution in [1.82, 2.24) is 0 Å². The van der Waals surface area contributed by atoms with Gasteiger partial charge in [0.2, 0.25) is 0 Å². The third kappa shape index (κ3) is 372. The van der Waals surface area contributed by atoms with Crippen LogP contribution in [0.1, 0.15) is 2.97 Å². The summed E-state index contributed by atoms with van der Waals surface area (Å²) in [7, 11) is 2.75. The van der Waals surface area contributed by atoms with Gasteiger partial charge in [-0.15, -0.1) is 0 Å². The van der Waals surface area contributed by atoms with Gasteiger partial charge in [-0.3, -0.25) is 0 Å². The van der Waals surface area contributed by atoms with Gasteiger partial charge in [-0.25, -0.2) is 0 Å². The second-order valence-corrected chi connectivity index (χ2v) is 5.51. The normalized spacial score (nSPS) is 3.73. The zero-order valence-electron chi connectivity index (χ0n) is 8.12. The van der Waals surface area contributed by atoms with Gasteiger partial charge in [0.1, 0.15) is 0 Å². The van der Waals surface area contributed by atoms with Gasteiger partial charge in [-0.2, -0.15) is 0 Å². The highest BCUT2D eigenvalue weighted by atomic mass is 33.1. The average Bonchev–Trinajstić information content (AvgIpc) is 2.41. The Kier molecular flexibility index (Phi) is 239. The molecule has 0 aliphatic carbocycles. The molecule has 0 N–H and O–H groups in total. The standard InChI is InChI=1S/3S3.3S2.H2/c3*1-3-2;3*1-2;/h;;;;;;1H/i;;;;;;1+1D. The Labute approximate surface area is 161 Å². The quantitative estimate of drug-likeness (QED) is 0.461. The summed E-state index contributed by atoms with van der Waals surface area (Å²) >= 11 is 46.8. The van der Waals surface area contributed by atoms with Crippen molar-refractivity contribution in [3.05, 3.63) is 0 Å². The van der Waals surface area contributed by atoms with Crippen LogP contribution >= 0.6 is 0 Å². The maximum Gasteiger partial charge on any atom is 0 e. The average molecular weight is 485 g/mol. The molecular formula is H2S15. The van der Waals surface area contributed by atoms with Crippen LogP contribution in [0.2, 0.25) is 0 Å². The number of rotatable bonds is 0. The summed E-state index contributed by atoms with van der Waals surface area (Å²) in [5.41, 5.74) is 0. The van der Waals surface area contributed by atoms with Gasteiger partial charge in [-0.1, -0.05) is 0 Å². The minimum absolute atomic E-state index is 0.917. The van der Waals surface area contributed by atoms with Crippen molar-refractivity contribution < 1.29 is 2.97 Å².